The van der Waals surface area contributed by atoms with Crippen molar-refractivity contribution in [3.05, 3.63) is 47.5 Å². The highest BCUT2D eigenvalue weighted by molar-refractivity contribution is 7.18. The van der Waals surface area contributed by atoms with Crippen LogP contribution < -0.4 is 14.5 Å². The molecule has 1 N–H and O–H groups in total. The lowest BCUT2D eigenvalue weighted by atomic mass is 10.2. The van der Waals surface area contributed by atoms with Crippen LogP contribution in [-0.4, -0.2) is 72.9 Å². The van der Waals surface area contributed by atoms with E-state index >= 15 is 0 Å². The molecule has 2 aliphatic heterocycles. The third kappa shape index (κ3) is 5.13. The van der Waals surface area contributed by atoms with Gasteiger partial charge in [0.25, 0.3) is 0 Å². The van der Waals surface area contributed by atoms with E-state index < -0.39 is 6.10 Å². The molecular weight excluding hydrogens is 436 g/mol. The van der Waals surface area contributed by atoms with E-state index in [4.69, 9.17) is 4.74 Å². The van der Waals surface area contributed by atoms with Gasteiger partial charge < -0.3 is 19.6 Å². The molecular formula is C25H30N4O3S. The number of anilines is 2. The summed E-state index contributed by atoms with van der Waals surface area (Å²) in [6, 6.07) is 14.2. The number of aromatic nitrogens is 1. The van der Waals surface area contributed by atoms with Crippen LogP contribution in [0.25, 0.3) is 10.2 Å². The fourth-order valence-corrected chi connectivity index (χ4v) is 5.43. The number of aliphatic hydroxyl groups excluding tert-OH is 1. The fraction of sp³-hybridized carbons (Fsp3) is 0.440. The summed E-state index contributed by atoms with van der Waals surface area (Å²) in [5.41, 5.74) is 3.10. The topological polar surface area (TPSA) is 69.1 Å². The van der Waals surface area contributed by atoms with Crippen LogP contribution in [0.1, 0.15) is 17.8 Å². The molecule has 174 valence electrons. The standard InChI is InChI=1S/C25H30N4O3S/c1-18-26-23-15-22(7-8-24(23)33-18)32-17-21(30)16-27-10-12-28(13-11-27)19-4-2-5-20(14-19)29-9-3-6-25(29)31/h2,4-5,7-8,14-15,21,30H,3,6,9-13,16-17H2,1H3/t21-/m1/s1. The van der Waals surface area contributed by atoms with E-state index in [0.717, 1.165) is 71.5 Å². The maximum Gasteiger partial charge on any atom is 0.227 e. The molecule has 0 saturated carbocycles. The Kier molecular flexibility index (Phi) is 6.48. The lowest BCUT2D eigenvalue weighted by Gasteiger charge is -2.37. The molecule has 3 aromatic rings. The van der Waals surface area contributed by atoms with Gasteiger partial charge in [-0.05, 0) is 43.7 Å². The Morgan fingerprint density at radius 2 is 1.91 bits per heavy atom. The first kappa shape index (κ1) is 22.1. The van der Waals surface area contributed by atoms with E-state index in [-0.39, 0.29) is 12.5 Å². The summed E-state index contributed by atoms with van der Waals surface area (Å²) < 4.78 is 6.98. The van der Waals surface area contributed by atoms with Crippen LogP contribution in [-0.2, 0) is 4.79 Å². The molecule has 2 aliphatic rings. The number of aryl methyl sites for hydroxylation is 1. The predicted molar refractivity (Wildman–Crippen MR) is 133 cm³/mol. The number of hydrogen-bond donors (Lipinski definition) is 1. The number of carbonyl (C=O) groups is 1. The molecule has 33 heavy (non-hydrogen) atoms. The number of hydrogen-bond acceptors (Lipinski definition) is 7. The minimum absolute atomic E-state index is 0.217. The molecule has 3 heterocycles. The van der Waals surface area contributed by atoms with Crippen molar-refractivity contribution in [3.8, 4) is 5.75 Å². The summed E-state index contributed by atoms with van der Waals surface area (Å²) in [6.45, 7) is 7.22. The number of amides is 1. The van der Waals surface area contributed by atoms with E-state index in [0.29, 0.717) is 13.0 Å². The number of piperazine rings is 1. The van der Waals surface area contributed by atoms with Crippen LogP contribution in [0.3, 0.4) is 0 Å². The SMILES string of the molecule is Cc1nc2cc(OC[C@H](O)CN3CCN(c4cccc(N5CCCC5=O)c4)CC3)ccc2s1. The number of β-amino-alcohol motifs (C(OH)–C–C–N with tert-alkyl or cyclic N) is 1. The average Bonchev–Trinajstić information content (AvgIpc) is 3.42. The Morgan fingerprint density at radius 3 is 2.70 bits per heavy atom. The van der Waals surface area contributed by atoms with Crippen molar-refractivity contribution in [2.75, 3.05) is 55.7 Å². The van der Waals surface area contributed by atoms with Gasteiger partial charge >= 0.3 is 0 Å². The lowest BCUT2D eigenvalue weighted by molar-refractivity contribution is -0.117. The average molecular weight is 467 g/mol. The smallest absolute Gasteiger partial charge is 0.227 e. The quantitative estimate of drug-likeness (QED) is 0.576. The van der Waals surface area contributed by atoms with Crippen molar-refractivity contribution in [1.82, 2.24) is 9.88 Å². The van der Waals surface area contributed by atoms with Gasteiger partial charge in [-0.1, -0.05) is 6.07 Å². The Balaban J connectivity index is 1.10. The zero-order valence-electron chi connectivity index (χ0n) is 18.9. The molecule has 0 spiro atoms. The summed E-state index contributed by atoms with van der Waals surface area (Å²) >= 11 is 1.67. The summed E-state index contributed by atoms with van der Waals surface area (Å²) in [5, 5.41) is 11.6. The second-order valence-corrected chi connectivity index (χ2v) is 10.0. The second kappa shape index (κ2) is 9.67. The van der Waals surface area contributed by atoms with Crippen molar-refractivity contribution >= 4 is 38.8 Å². The normalized spacial score (nSPS) is 18.3. The van der Waals surface area contributed by atoms with E-state index in [1.54, 1.807) is 11.3 Å². The first-order valence-corrected chi connectivity index (χ1v) is 12.4. The zero-order chi connectivity index (χ0) is 22.8. The first-order chi connectivity index (χ1) is 16.0. The number of fused-ring (bicyclic) bond motifs is 1. The molecule has 0 aliphatic carbocycles. The summed E-state index contributed by atoms with van der Waals surface area (Å²) in [6.07, 6.45) is 1.04. The predicted octanol–water partition coefficient (Wildman–Crippen LogP) is 3.29. The van der Waals surface area contributed by atoms with E-state index in [2.05, 4.69) is 26.9 Å². The third-order valence-electron chi connectivity index (χ3n) is 6.33. The number of ether oxygens (including phenoxy) is 1. The molecule has 2 fully saturated rings. The molecule has 0 unspecified atom stereocenters. The molecule has 1 atom stereocenters. The molecule has 7 nitrogen and oxygen atoms in total. The summed E-state index contributed by atoms with van der Waals surface area (Å²) in [5.74, 6) is 0.961. The van der Waals surface area contributed by atoms with Crippen molar-refractivity contribution in [1.29, 1.82) is 0 Å². The van der Waals surface area contributed by atoms with Crippen molar-refractivity contribution < 1.29 is 14.6 Å². The van der Waals surface area contributed by atoms with Crippen LogP contribution in [0, 0.1) is 6.92 Å². The highest BCUT2D eigenvalue weighted by Gasteiger charge is 2.24. The Hall–Kier alpha value is -2.68. The number of thiazole rings is 1. The number of aliphatic hydroxyl groups is 1. The van der Waals surface area contributed by atoms with E-state index in [1.165, 1.54) is 0 Å². The van der Waals surface area contributed by atoms with Gasteiger partial charge in [-0.25, -0.2) is 4.98 Å². The van der Waals surface area contributed by atoms with Gasteiger partial charge in [-0.3, -0.25) is 9.69 Å². The van der Waals surface area contributed by atoms with Crippen molar-refractivity contribution in [2.24, 2.45) is 0 Å². The molecule has 2 saturated heterocycles. The number of rotatable bonds is 7. The zero-order valence-corrected chi connectivity index (χ0v) is 19.8. The van der Waals surface area contributed by atoms with Gasteiger partial charge in [0.05, 0.1) is 15.2 Å². The first-order valence-electron chi connectivity index (χ1n) is 11.6. The monoisotopic (exact) mass is 466 g/mol. The maximum absolute atomic E-state index is 12.1. The Labute approximate surface area is 198 Å². The minimum atomic E-state index is -0.547. The van der Waals surface area contributed by atoms with Crippen molar-refractivity contribution in [2.45, 2.75) is 25.9 Å². The summed E-state index contributed by atoms with van der Waals surface area (Å²) in [4.78, 5) is 23.1. The number of carbonyl (C=O) groups excluding carboxylic acids is 1. The van der Waals surface area contributed by atoms with Gasteiger partial charge in [0.1, 0.15) is 18.5 Å². The van der Waals surface area contributed by atoms with Crippen LogP contribution in [0.2, 0.25) is 0 Å². The van der Waals surface area contributed by atoms with Gasteiger partial charge in [0.2, 0.25) is 5.91 Å². The number of nitrogens with zero attached hydrogens (tertiary/aromatic N) is 4. The molecule has 1 aromatic heterocycles. The van der Waals surface area contributed by atoms with Crippen LogP contribution in [0.5, 0.6) is 5.75 Å². The van der Waals surface area contributed by atoms with Crippen LogP contribution >= 0.6 is 11.3 Å². The Bertz CT molecular complexity index is 1130. The second-order valence-electron chi connectivity index (χ2n) is 8.78. The highest BCUT2D eigenvalue weighted by Crippen LogP contribution is 2.27. The Morgan fingerprint density at radius 1 is 1.09 bits per heavy atom. The molecule has 0 radical (unpaired) electrons. The number of benzene rings is 2. The minimum Gasteiger partial charge on any atom is -0.491 e. The van der Waals surface area contributed by atoms with Crippen LogP contribution in [0.4, 0.5) is 11.4 Å². The largest absolute Gasteiger partial charge is 0.491 e. The summed E-state index contributed by atoms with van der Waals surface area (Å²) in [7, 11) is 0. The molecule has 2 aromatic carbocycles. The van der Waals surface area contributed by atoms with Crippen molar-refractivity contribution in [3.63, 3.8) is 0 Å². The highest BCUT2D eigenvalue weighted by atomic mass is 32.1. The third-order valence-corrected chi connectivity index (χ3v) is 7.28. The van der Waals surface area contributed by atoms with Gasteiger partial charge in [0, 0.05) is 63.1 Å². The molecule has 0 bridgehead atoms. The van der Waals surface area contributed by atoms with Gasteiger partial charge in [-0.2, -0.15) is 0 Å². The molecule has 8 heteroatoms. The van der Waals surface area contributed by atoms with E-state index in [1.807, 2.05) is 42.2 Å². The maximum atomic E-state index is 12.1. The van der Waals surface area contributed by atoms with E-state index in [9.17, 15) is 9.90 Å². The van der Waals surface area contributed by atoms with Crippen LogP contribution in [0.15, 0.2) is 42.5 Å². The fourth-order valence-electron chi connectivity index (χ4n) is 4.62. The molecule has 1 amide bonds. The van der Waals surface area contributed by atoms with Gasteiger partial charge in [-0.15, -0.1) is 11.3 Å². The molecule has 5 rings (SSSR count). The van der Waals surface area contributed by atoms with Gasteiger partial charge in [0.15, 0.2) is 0 Å². The lowest BCUT2D eigenvalue weighted by Crippen LogP contribution is -2.49.